The van der Waals surface area contributed by atoms with Gasteiger partial charge in [-0.05, 0) is 50.7 Å². The Morgan fingerprint density at radius 1 is 1.33 bits per heavy atom. The van der Waals surface area contributed by atoms with Gasteiger partial charge in [-0.15, -0.1) is 11.3 Å². The molecule has 0 bridgehead atoms. The van der Waals surface area contributed by atoms with Crippen LogP contribution in [0.2, 0.25) is 0 Å². The van der Waals surface area contributed by atoms with Crippen molar-refractivity contribution >= 4 is 27.4 Å². The van der Waals surface area contributed by atoms with Crippen LogP contribution in [-0.2, 0) is 0 Å². The van der Waals surface area contributed by atoms with Crippen LogP contribution in [0.3, 0.4) is 0 Å². The second-order valence-electron chi connectivity index (χ2n) is 6.40. The summed E-state index contributed by atoms with van der Waals surface area (Å²) in [5, 5.41) is 3.42. The zero-order chi connectivity index (χ0) is 15.1. The Morgan fingerprint density at radius 2 is 2.10 bits per heavy atom. The number of aromatic nitrogens is 2. The number of anilines is 1. The highest BCUT2D eigenvalue weighted by atomic mass is 32.1. The number of nitrogens with zero attached hydrogens (tertiary/aromatic N) is 4. The summed E-state index contributed by atoms with van der Waals surface area (Å²) in [6.45, 7) is 8.82. The summed E-state index contributed by atoms with van der Waals surface area (Å²) < 4.78 is 0. The van der Waals surface area contributed by atoms with E-state index in [0.29, 0.717) is 12.0 Å². The largest absolute Gasteiger partial charge is 0.356 e. The minimum Gasteiger partial charge on any atom is -0.356 e. The Hall–Kier alpha value is -1.20. The third-order valence-corrected chi connectivity index (χ3v) is 5.59. The van der Waals surface area contributed by atoms with Crippen LogP contribution >= 0.6 is 11.3 Å². The van der Waals surface area contributed by atoms with Gasteiger partial charge >= 0.3 is 0 Å². The van der Waals surface area contributed by atoms with Gasteiger partial charge in [0.15, 0.2) is 0 Å². The van der Waals surface area contributed by atoms with E-state index < -0.39 is 0 Å². The molecule has 1 aliphatic rings. The molecule has 5 heteroatoms. The number of thiophene rings is 1. The summed E-state index contributed by atoms with van der Waals surface area (Å²) >= 11 is 1.72. The molecule has 0 amide bonds. The van der Waals surface area contributed by atoms with Crippen molar-refractivity contribution in [2.75, 3.05) is 32.1 Å². The monoisotopic (exact) mass is 304 g/mol. The van der Waals surface area contributed by atoms with Gasteiger partial charge in [0.25, 0.3) is 0 Å². The normalized spacial score (nSPS) is 23.7. The summed E-state index contributed by atoms with van der Waals surface area (Å²) in [6, 6.07) is 0.554. The van der Waals surface area contributed by atoms with E-state index in [1.54, 1.807) is 11.3 Å². The van der Waals surface area contributed by atoms with Crippen molar-refractivity contribution in [2.24, 2.45) is 5.92 Å². The third kappa shape index (κ3) is 2.64. The molecule has 3 rings (SSSR count). The number of hydrogen-bond acceptors (Lipinski definition) is 5. The zero-order valence-corrected chi connectivity index (χ0v) is 14.4. The molecule has 3 heterocycles. The summed E-state index contributed by atoms with van der Waals surface area (Å²) in [5.41, 5.74) is 1.29. The highest BCUT2D eigenvalue weighted by molar-refractivity contribution is 7.17. The Balaban J connectivity index is 2.01. The van der Waals surface area contributed by atoms with Crippen molar-refractivity contribution in [3.8, 4) is 0 Å². The van der Waals surface area contributed by atoms with Crippen molar-refractivity contribution < 1.29 is 0 Å². The lowest BCUT2D eigenvalue weighted by Gasteiger charge is -2.40. The van der Waals surface area contributed by atoms with Gasteiger partial charge in [0.1, 0.15) is 16.5 Å². The minimum absolute atomic E-state index is 0.554. The van der Waals surface area contributed by atoms with Gasteiger partial charge in [0.2, 0.25) is 0 Å². The van der Waals surface area contributed by atoms with Crippen LogP contribution in [0.5, 0.6) is 0 Å². The smallest absolute Gasteiger partial charge is 0.141 e. The first-order chi connectivity index (χ1) is 9.97. The average Bonchev–Trinajstić information content (AvgIpc) is 2.78. The van der Waals surface area contributed by atoms with Crippen molar-refractivity contribution in [3.63, 3.8) is 0 Å². The van der Waals surface area contributed by atoms with Gasteiger partial charge < -0.3 is 9.80 Å². The number of aryl methyl sites for hydroxylation is 2. The van der Waals surface area contributed by atoms with Crippen molar-refractivity contribution in [1.29, 1.82) is 0 Å². The predicted octanol–water partition coefficient (Wildman–Crippen LogP) is 3.08. The van der Waals surface area contributed by atoms with Gasteiger partial charge in [-0.3, -0.25) is 0 Å². The Labute approximate surface area is 130 Å². The predicted molar refractivity (Wildman–Crippen MR) is 90.4 cm³/mol. The van der Waals surface area contributed by atoms with E-state index in [1.807, 2.05) is 6.92 Å². The Bertz CT molecular complexity index is 651. The van der Waals surface area contributed by atoms with Gasteiger partial charge in [-0.1, -0.05) is 6.92 Å². The van der Waals surface area contributed by atoms with Gasteiger partial charge in [-0.2, -0.15) is 0 Å². The molecular formula is C16H24N4S. The van der Waals surface area contributed by atoms with Crippen LogP contribution in [0.25, 0.3) is 10.2 Å². The quantitative estimate of drug-likeness (QED) is 0.853. The first-order valence-electron chi connectivity index (χ1n) is 7.61. The molecule has 114 valence electrons. The molecule has 2 unspecified atom stereocenters. The van der Waals surface area contributed by atoms with Crippen molar-refractivity contribution in [2.45, 2.75) is 33.2 Å². The van der Waals surface area contributed by atoms with Crippen LogP contribution in [0.4, 0.5) is 5.82 Å². The lowest BCUT2D eigenvalue weighted by atomic mass is 9.93. The highest BCUT2D eigenvalue weighted by Crippen LogP contribution is 2.34. The molecular weight excluding hydrogens is 280 g/mol. The number of likely N-dealkylation sites (tertiary alicyclic amines) is 1. The first kappa shape index (κ1) is 14.7. The minimum atomic E-state index is 0.554. The van der Waals surface area contributed by atoms with Gasteiger partial charge in [0, 0.05) is 19.6 Å². The third-order valence-electron chi connectivity index (χ3n) is 4.60. The molecule has 0 radical (unpaired) electrons. The van der Waals surface area contributed by atoms with Crippen LogP contribution in [-0.4, -0.2) is 48.1 Å². The van der Waals surface area contributed by atoms with Crippen molar-refractivity contribution in [3.05, 3.63) is 16.8 Å². The topological polar surface area (TPSA) is 32.3 Å². The molecule has 2 aromatic heterocycles. The highest BCUT2D eigenvalue weighted by Gasteiger charge is 2.29. The fraction of sp³-hybridized carbons (Fsp3) is 0.625. The molecule has 1 saturated heterocycles. The molecule has 4 nitrogen and oxygen atoms in total. The van der Waals surface area contributed by atoms with E-state index >= 15 is 0 Å². The summed E-state index contributed by atoms with van der Waals surface area (Å²) in [7, 11) is 4.41. The fourth-order valence-electron chi connectivity index (χ4n) is 3.50. The molecule has 0 N–H and O–H groups in total. The number of piperidine rings is 1. The molecule has 21 heavy (non-hydrogen) atoms. The van der Waals surface area contributed by atoms with E-state index in [0.717, 1.165) is 29.6 Å². The second kappa shape index (κ2) is 5.54. The zero-order valence-electron chi connectivity index (χ0n) is 13.6. The maximum Gasteiger partial charge on any atom is 0.141 e. The summed E-state index contributed by atoms with van der Waals surface area (Å²) in [6.07, 6.45) is 1.20. The Morgan fingerprint density at radius 3 is 2.81 bits per heavy atom. The molecule has 0 aromatic carbocycles. The van der Waals surface area contributed by atoms with E-state index in [9.17, 15) is 0 Å². The molecule has 1 aliphatic heterocycles. The van der Waals surface area contributed by atoms with Crippen LogP contribution in [0.1, 0.15) is 24.7 Å². The number of fused-ring (bicyclic) bond motifs is 1. The van der Waals surface area contributed by atoms with E-state index in [-0.39, 0.29) is 0 Å². The summed E-state index contributed by atoms with van der Waals surface area (Å²) in [4.78, 5) is 15.3. The van der Waals surface area contributed by atoms with Gasteiger partial charge in [0.05, 0.1) is 5.39 Å². The second-order valence-corrected chi connectivity index (χ2v) is 7.26. The number of hydrogen-bond donors (Lipinski definition) is 0. The maximum atomic E-state index is 4.77. The average molecular weight is 304 g/mol. The molecule has 0 saturated carbocycles. The molecule has 2 aromatic rings. The molecule has 2 atom stereocenters. The number of rotatable bonds is 2. The standard InChI is InChI=1S/C16H24N4S/c1-10-8-19(4)7-6-13(10)20(5)15-14-11(2)9-21-16(14)18-12(3)17-15/h9-10,13H,6-8H2,1-5H3. The van der Waals surface area contributed by atoms with Crippen LogP contribution in [0.15, 0.2) is 5.38 Å². The van der Waals surface area contributed by atoms with Crippen molar-refractivity contribution in [1.82, 2.24) is 14.9 Å². The summed E-state index contributed by atoms with van der Waals surface area (Å²) in [5.74, 6) is 2.63. The molecule has 0 spiro atoms. The first-order valence-corrected chi connectivity index (χ1v) is 8.49. The maximum absolute atomic E-state index is 4.77. The van der Waals surface area contributed by atoms with E-state index in [1.165, 1.54) is 17.4 Å². The van der Waals surface area contributed by atoms with Gasteiger partial charge in [-0.25, -0.2) is 9.97 Å². The van der Waals surface area contributed by atoms with E-state index in [4.69, 9.17) is 4.98 Å². The molecule has 1 fully saturated rings. The van der Waals surface area contributed by atoms with E-state index in [2.05, 4.69) is 48.1 Å². The molecule has 0 aliphatic carbocycles. The lowest BCUT2D eigenvalue weighted by molar-refractivity contribution is 0.193. The van der Waals surface area contributed by atoms with Crippen LogP contribution in [0, 0.1) is 19.8 Å². The van der Waals surface area contributed by atoms with Crippen LogP contribution < -0.4 is 4.90 Å². The lowest BCUT2D eigenvalue weighted by Crippen LogP contribution is -2.48. The Kier molecular flexibility index (Phi) is 3.88. The SMILES string of the molecule is Cc1nc(N(C)C2CCN(C)CC2C)c2c(C)csc2n1. The fourth-order valence-corrected chi connectivity index (χ4v) is 4.46.